The number of hydrogen-bond donors (Lipinski definition) is 1. The van der Waals surface area contributed by atoms with Crippen LogP contribution in [0.25, 0.3) is 16.7 Å². The maximum absolute atomic E-state index is 12.4. The van der Waals surface area contributed by atoms with Gasteiger partial charge in [-0.25, -0.2) is 9.67 Å². The minimum atomic E-state index is -0.165. The van der Waals surface area contributed by atoms with E-state index < -0.39 is 0 Å². The molecule has 4 aromatic rings. The van der Waals surface area contributed by atoms with E-state index in [1.807, 2.05) is 43.3 Å². The van der Waals surface area contributed by atoms with Crippen molar-refractivity contribution in [2.24, 2.45) is 0 Å². The minimum Gasteiger partial charge on any atom is -0.301 e. The first-order chi connectivity index (χ1) is 12.6. The van der Waals surface area contributed by atoms with E-state index in [9.17, 15) is 4.79 Å². The van der Waals surface area contributed by atoms with Crippen molar-refractivity contribution in [2.45, 2.75) is 24.8 Å². The van der Waals surface area contributed by atoms with E-state index in [2.05, 4.69) is 34.1 Å². The van der Waals surface area contributed by atoms with Crippen molar-refractivity contribution in [3.8, 4) is 5.69 Å². The van der Waals surface area contributed by atoms with Crippen LogP contribution >= 0.6 is 11.8 Å². The van der Waals surface area contributed by atoms with Crippen LogP contribution in [0.15, 0.2) is 64.7 Å². The predicted octanol–water partition coefficient (Wildman–Crippen LogP) is 4.02. The van der Waals surface area contributed by atoms with Crippen LogP contribution < -0.4 is 5.56 Å². The third-order valence-electron chi connectivity index (χ3n) is 4.39. The van der Waals surface area contributed by atoms with Crippen molar-refractivity contribution in [1.82, 2.24) is 19.7 Å². The summed E-state index contributed by atoms with van der Waals surface area (Å²) in [4.78, 5) is 20.0. The number of hydrogen-bond acceptors (Lipinski definition) is 4. The van der Waals surface area contributed by atoms with Gasteiger partial charge in [-0.15, -0.1) is 0 Å². The SMILES string of the molecule is Cc1ccccc1CSc1nc2c(cnn2-c2ccccc2C)c(=O)[nH]1. The zero-order valence-electron chi connectivity index (χ0n) is 14.6. The maximum atomic E-state index is 12.4. The van der Waals surface area contributed by atoms with Crippen LogP contribution in [0.3, 0.4) is 0 Å². The maximum Gasteiger partial charge on any atom is 0.262 e. The molecule has 0 atom stereocenters. The first-order valence-electron chi connectivity index (χ1n) is 8.35. The second-order valence-corrected chi connectivity index (χ2v) is 7.13. The van der Waals surface area contributed by atoms with Crippen molar-refractivity contribution in [1.29, 1.82) is 0 Å². The molecule has 0 aliphatic heterocycles. The van der Waals surface area contributed by atoms with Crippen LogP contribution in [0.4, 0.5) is 0 Å². The zero-order chi connectivity index (χ0) is 18.1. The number of H-pyrrole nitrogens is 1. The number of aromatic amines is 1. The summed E-state index contributed by atoms with van der Waals surface area (Å²) in [5, 5.41) is 5.48. The fraction of sp³-hybridized carbons (Fsp3) is 0.150. The number of fused-ring (bicyclic) bond motifs is 1. The molecule has 0 bridgehead atoms. The number of rotatable bonds is 4. The number of aryl methyl sites for hydroxylation is 2. The van der Waals surface area contributed by atoms with Gasteiger partial charge in [0.1, 0.15) is 5.39 Å². The molecule has 0 aliphatic rings. The third-order valence-corrected chi connectivity index (χ3v) is 5.31. The fourth-order valence-corrected chi connectivity index (χ4v) is 3.79. The summed E-state index contributed by atoms with van der Waals surface area (Å²) in [6, 6.07) is 16.2. The van der Waals surface area contributed by atoms with E-state index in [0.717, 1.165) is 17.0 Å². The molecule has 0 fully saturated rings. The van der Waals surface area contributed by atoms with Gasteiger partial charge in [0.2, 0.25) is 0 Å². The second kappa shape index (κ2) is 6.80. The van der Waals surface area contributed by atoms with Gasteiger partial charge in [-0.2, -0.15) is 5.10 Å². The summed E-state index contributed by atoms with van der Waals surface area (Å²) in [7, 11) is 0. The standard InChI is InChI=1S/C20H18N4OS/c1-13-7-3-5-9-15(13)12-26-20-22-18-16(19(25)23-20)11-21-24(18)17-10-6-4-8-14(17)2/h3-11H,12H2,1-2H3,(H,22,23,25). The monoisotopic (exact) mass is 362 g/mol. The molecule has 0 saturated heterocycles. The molecule has 5 nitrogen and oxygen atoms in total. The van der Waals surface area contributed by atoms with Gasteiger partial charge in [0.05, 0.1) is 11.9 Å². The Morgan fingerprint density at radius 3 is 2.54 bits per heavy atom. The summed E-state index contributed by atoms with van der Waals surface area (Å²) < 4.78 is 1.73. The summed E-state index contributed by atoms with van der Waals surface area (Å²) in [6.45, 7) is 4.10. The fourth-order valence-electron chi connectivity index (χ4n) is 2.86. The summed E-state index contributed by atoms with van der Waals surface area (Å²) in [5.74, 6) is 0.750. The molecule has 26 heavy (non-hydrogen) atoms. The molecule has 0 spiro atoms. The molecule has 1 N–H and O–H groups in total. The molecule has 6 heteroatoms. The number of benzene rings is 2. The molecule has 0 radical (unpaired) electrons. The Hall–Kier alpha value is -2.86. The number of para-hydroxylation sites is 1. The van der Waals surface area contributed by atoms with E-state index in [4.69, 9.17) is 0 Å². The van der Waals surface area contributed by atoms with Gasteiger partial charge in [-0.05, 0) is 36.6 Å². The van der Waals surface area contributed by atoms with Crippen LogP contribution in [0.2, 0.25) is 0 Å². The highest BCUT2D eigenvalue weighted by molar-refractivity contribution is 7.98. The van der Waals surface area contributed by atoms with E-state index in [1.165, 1.54) is 22.9 Å². The number of thioether (sulfide) groups is 1. The van der Waals surface area contributed by atoms with E-state index in [1.54, 1.807) is 10.9 Å². The second-order valence-electron chi connectivity index (χ2n) is 6.17. The zero-order valence-corrected chi connectivity index (χ0v) is 15.4. The van der Waals surface area contributed by atoms with E-state index in [0.29, 0.717) is 16.2 Å². The Morgan fingerprint density at radius 2 is 1.77 bits per heavy atom. The summed E-state index contributed by atoms with van der Waals surface area (Å²) >= 11 is 1.52. The smallest absolute Gasteiger partial charge is 0.262 e. The number of aromatic nitrogens is 4. The first-order valence-corrected chi connectivity index (χ1v) is 9.33. The van der Waals surface area contributed by atoms with Gasteiger partial charge in [-0.3, -0.25) is 4.79 Å². The highest BCUT2D eigenvalue weighted by atomic mass is 32.2. The summed E-state index contributed by atoms with van der Waals surface area (Å²) in [5.41, 5.74) is 4.88. The van der Waals surface area contributed by atoms with Crippen molar-refractivity contribution in [3.63, 3.8) is 0 Å². The normalized spacial score (nSPS) is 11.2. The third kappa shape index (κ3) is 3.04. The lowest BCUT2D eigenvalue weighted by atomic mass is 10.1. The average Bonchev–Trinajstić information content (AvgIpc) is 3.06. The number of nitrogens with one attached hydrogen (secondary N) is 1. The molecule has 2 aromatic carbocycles. The Morgan fingerprint density at radius 1 is 1.04 bits per heavy atom. The summed E-state index contributed by atoms with van der Waals surface area (Å²) in [6.07, 6.45) is 1.57. The van der Waals surface area contributed by atoms with Crippen LogP contribution in [0.1, 0.15) is 16.7 Å². The van der Waals surface area contributed by atoms with Crippen molar-refractivity contribution < 1.29 is 0 Å². The van der Waals surface area contributed by atoms with Crippen molar-refractivity contribution in [3.05, 3.63) is 81.8 Å². The van der Waals surface area contributed by atoms with Gasteiger partial charge in [0, 0.05) is 5.75 Å². The van der Waals surface area contributed by atoms with Crippen LogP contribution in [-0.2, 0) is 5.75 Å². The Bertz CT molecular complexity index is 1150. The average molecular weight is 362 g/mol. The number of nitrogens with zero attached hydrogens (tertiary/aromatic N) is 3. The molecule has 130 valence electrons. The Balaban J connectivity index is 1.74. The van der Waals surface area contributed by atoms with Gasteiger partial charge in [0.15, 0.2) is 10.8 Å². The molecular weight excluding hydrogens is 344 g/mol. The highest BCUT2D eigenvalue weighted by Gasteiger charge is 2.13. The molecule has 0 aliphatic carbocycles. The molecule has 2 aromatic heterocycles. The lowest BCUT2D eigenvalue weighted by Crippen LogP contribution is -2.10. The molecule has 0 saturated carbocycles. The van der Waals surface area contributed by atoms with E-state index >= 15 is 0 Å². The molecular formula is C20H18N4OS. The van der Waals surface area contributed by atoms with Gasteiger partial charge >= 0.3 is 0 Å². The van der Waals surface area contributed by atoms with Crippen LogP contribution in [-0.4, -0.2) is 19.7 Å². The topological polar surface area (TPSA) is 63.6 Å². The quantitative estimate of drug-likeness (QED) is 0.440. The van der Waals surface area contributed by atoms with Gasteiger partial charge in [-0.1, -0.05) is 54.2 Å². The Kier molecular flexibility index (Phi) is 4.34. The highest BCUT2D eigenvalue weighted by Crippen LogP contribution is 2.23. The molecule has 0 unspecified atom stereocenters. The molecule has 4 rings (SSSR count). The van der Waals surface area contributed by atoms with E-state index in [-0.39, 0.29) is 5.56 Å². The van der Waals surface area contributed by atoms with Crippen molar-refractivity contribution >= 4 is 22.8 Å². The molecule has 2 heterocycles. The first kappa shape index (κ1) is 16.6. The van der Waals surface area contributed by atoms with Crippen molar-refractivity contribution in [2.75, 3.05) is 0 Å². The van der Waals surface area contributed by atoms with Crippen LogP contribution in [0.5, 0.6) is 0 Å². The van der Waals surface area contributed by atoms with Gasteiger partial charge < -0.3 is 4.98 Å². The molecule has 0 amide bonds. The largest absolute Gasteiger partial charge is 0.301 e. The lowest BCUT2D eigenvalue weighted by molar-refractivity contribution is 0.867. The Labute approximate surface area is 155 Å². The lowest BCUT2D eigenvalue weighted by Gasteiger charge is -2.08. The minimum absolute atomic E-state index is 0.165. The van der Waals surface area contributed by atoms with Gasteiger partial charge in [0.25, 0.3) is 5.56 Å². The predicted molar refractivity (Wildman–Crippen MR) is 105 cm³/mol. The van der Waals surface area contributed by atoms with Crippen LogP contribution in [0, 0.1) is 13.8 Å².